The molecular formula is C17H20BrClN2. The number of hydrogen-bond donors (Lipinski definition) is 1. The third-order valence-corrected chi connectivity index (χ3v) is 4.27. The Morgan fingerprint density at radius 2 is 1.95 bits per heavy atom. The molecule has 0 aliphatic rings. The minimum absolute atomic E-state index is 0.381. The van der Waals surface area contributed by atoms with Crippen molar-refractivity contribution in [2.75, 3.05) is 6.54 Å². The number of hydrogen-bond acceptors (Lipinski definition) is 2. The average Bonchev–Trinajstić information content (AvgIpc) is 2.49. The van der Waals surface area contributed by atoms with Gasteiger partial charge in [0.25, 0.3) is 0 Å². The highest BCUT2D eigenvalue weighted by atomic mass is 79.9. The minimum atomic E-state index is 0.381. The standard InChI is InChI=1S/C17H20BrClN2/c1-2-8-21-16(10-13-3-5-15(18)6-4-13)11-14-7-9-20-12-17(14)19/h3-7,9,12,16,21H,2,8,10-11H2,1H3. The zero-order valence-electron chi connectivity index (χ0n) is 12.2. The molecule has 0 bridgehead atoms. The lowest BCUT2D eigenvalue weighted by atomic mass is 9.99. The van der Waals surface area contributed by atoms with Gasteiger partial charge in [-0.3, -0.25) is 4.98 Å². The summed E-state index contributed by atoms with van der Waals surface area (Å²) in [4.78, 5) is 4.05. The van der Waals surface area contributed by atoms with Gasteiger partial charge in [0.05, 0.1) is 5.02 Å². The minimum Gasteiger partial charge on any atom is -0.313 e. The normalized spacial score (nSPS) is 12.3. The quantitative estimate of drug-likeness (QED) is 0.770. The van der Waals surface area contributed by atoms with Crippen LogP contribution in [0.3, 0.4) is 0 Å². The van der Waals surface area contributed by atoms with E-state index in [0.717, 1.165) is 40.9 Å². The molecule has 21 heavy (non-hydrogen) atoms. The molecule has 2 aromatic rings. The highest BCUT2D eigenvalue weighted by molar-refractivity contribution is 9.10. The molecule has 0 fully saturated rings. The van der Waals surface area contributed by atoms with Crippen LogP contribution >= 0.6 is 27.5 Å². The maximum Gasteiger partial charge on any atom is 0.0621 e. The zero-order chi connectivity index (χ0) is 15.1. The molecule has 2 nitrogen and oxygen atoms in total. The molecule has 0 saturated carbocycles. The maximum absolute atomic E-state index is 6.23. The second kappa shape index (κ2) is 8.52. The van der Waals surface area contributed by atoms with Crippen LogP contribution in [0.2, 0.25) is 5.02 Å². The van der Waals surface area contributed by atoms with Crippen LogP contribution in [0.25, 0.3) is 0 Å². The van der Waals surface area contributed by atoms with Gasteiger partial charge in [-0.05, 0) is 55.1 Å². The Labute approximate surface area is 140 Å². The summed E-state index contributed by atoms with van der Waals surface area (Å²) in [7, 11) is 0. The fraction of sp³-hybridized carbons (Fsp3) is 0.353. The van der Waals surface area contributed by atoms with Crippen molar-refractivity contribution in [3.63, 3.8) is 0 Å². The average molecular weight is 368 g/mol. The van der Waals surface area contributed by atoms with E-state index in [0.29, 0.717) is 6.04 Å². The van der Waals surface area contributed by atoms with Gasteiger partial charge in [-0.25, -0.2) is 0 Å². The van der Waals surface area contributed by atoms with Gasteiger partial charge in [0, 0.05) is 22.9 Å². The number of nitrogens with zero attached hydrogens (tertiary/aromatic N) is 1. The molecule has 1 atom stereocenters. The van der Waals surface area contributed by atoms with Crippen molar-refractivity contribution in [3.8, 4) is 0 Å². The van der Waals surface area contributed by atoms with Crippen LogP contribution in [-0.2, 0) is 12.8 Å². The Morgan fingerprint density at radius 3 is 2.62 bits per heavy atom. The molecule has 1 unspecified atom stereocenters. The number of benzene rings is 1. The van der Waals surface area contributed by atoms with Crippen LogP contribution in [0, 0.1) is 0 Å². The van der Waals surface area contributed by atoms with E-state index in [2.05, 4.69) is 57.4 Å². The summed E-state index contributed by atoms with van der Waals surface area (Å²) in [6, 6.07) is 10.9. The molecule has 1 aromatic heterocycles. The maximum atomic E-state index is 6.23. The molecule has 0 radical (unpaired) electrons. The first-order chi connectivity index (χ1) is 10.2. The van der Waals surface area contributed by atoms with E-state index in [9.17, 15) is 0 Å². The second-order valence-corrected chi connectivity index (χ2v) is 6.48. The highest BCUT2D eigenvalue weighted by Crippen LogP contribution is 2.18. The van der Waals surface area contributed by atoms with Crippen LogP contribution < -0.4 is 5.32 Å². The van der Waals surface area contributed by atoms with Crippen LogP contribution in [0.4, 0.5) is 0 Å². The number of halogens is 2. The first-order valence-corrected chi connectivity index (χ1v) is 8.42. The Morgan fingerprint density at radius 1 is 1.19 bits per heavy atom. The van der Waals surface area contributed by atoms with E-state index in [-0.39, 0.29) is 0 Å². The van der Waals surface area contributed by atoms with Gasteiger partial charge in [0.15, 0.2) is 0 Å². The molecule has 1 aromatic carbocycles. The smallest absolute Gasteiger partial charge is 0.0621 e. The largest absolute Gasteiger partial charge is 0.313 e. The van der Waals surface area contributed by atoms with Crippen LogP contribution in [-0.4, -0.2) is 17.6 Å². The molecule has 112 valence electrons. The molecule has 0 saturated heterocycles. The summed E-state index contributed by atoms with van der Waals surface area (Å²) in [5.41, 5.74) is 2.48. The topological polar surface area (TPSA) is 24.9 Å². The van der Waals surface area contributed by atoms with Gasteiger partial charge in [-0.2, -0.15) is 0 Å². The summed E-state index contributed by atoms with van der Waals surface area (Å²) in [5, 5.41) is 4.36. The van der Waals surface area contributed by atoms with Crippen molar-refractivity contribution in [2.24, 2.45) is 0 Å². The molecule has 0 spiro atoms. The van der Waals surface area contributed by atoms with E-state index in [1.165, 1.54) is 5.56 Å². The number of pyridine rings is 1. The summed E-state index contributed by atoms with van der Waals surface area (Å²) in [6.07, 6.45) is 6.55. The fourth-order valence-electron chi connectivity index (χ4n) is 2.30. The molecule has 0 aliphatic carbocycles. The van der Waals surface area contributed by atoms with Crippen molar-refractivity contribution < 1.29 is 0 Å². The summed E-state index contributed by atoms with van der Waals surface area (Å²) in [5.74, 6) is 0. The molecule has 2 rings (SSSR count). The first-order valence-electron chi connectivity index (χ1n) is 7.25. The van der Waals surface area contributed by atoms with Gasteiger partial charge < -0.3 is 5.32 Å². The SMILES string of the molecule is CCCNC(Cc1ccc(Br)cc1)Cc1ccncc1Cl. The van der Waals surface area contributed by atoms with Gasteiger partial charge in [0.2, 0.25) is 0 Å². The Kier molecular flexibility index (Phi) is 6.68. The van der Waals surface area contributed by atoms with Crippen molar-refractivity contribution >= 4 is 27.5 Å². The summed E-state index contributed by atoms with van der Waals surface area (Å²) < 4.78 is 1.11. The number of nitrogens with one attached hydrogen (secondary N) is 1. The Hall–Kier alpha value is -0.900. The lowest BCUT2D eigenvalue weighted by Gasteiger charge is -2.19. The van der Waals surface area contributed by atoms with Crippen LogP contribution in [0.5, 0.6) is 0 Å². The van der Waals surface area contributed by atoms with Gasteiger partial charge in [-0.15, -0.1) is 0 Å². The van der Waals surface area contributed by atoms with E-state index in [4.69, 9.17) is 11.6 Å². The summed E-state index contributed by atoms with van der Waals surface area (Å²) >= 11 is 9.71. The van der Waals surface area contributed by atoms with Crippen molar-refractivity contribution in [1.29, 1.82) is 0 Å². The monoisotopic (exact) mass is 366 g/mol. The molecule has 0 aliphatic heterocycles. The van der Waals surface area contributed by atoms with Crippen molar-refractivity contribution in [3.05, 3.63) is 63.3 Å². The predicted octanol–water partition coefficient (Wildman–Crippen LogP) is 4.65. The number of aromatic nitrogens is 1. The third-order valence-electron chi connectivity index (χ3n) is 3.40. The molecular weight excluding hydrogens is 348 g/mol. The van der Waals surface area contributed by atoms with Gasteiger partial charge in [0.1, 0.15) is 0 Å². The molecule has 1 heterocycles. The number of rotatable bonds is 7. The van der Waals surface area contributed by atoms with Crippen LogP contribution in [0.1, 0.15) is 24.5 Å². The molecule has 1 N–H and O–H groups in total. The van der Waals surface area contributed by atoms with E-state index < -0.39 is 0 Å². The van der Waals surface area contributed by atoms with E-state index in [1.807, 2.05) is 6.07 Å². The Balaban J connectivity index is 2.07. The second-order valence-electron chi connectivity index (χ2n) is 5.15. The predicted molar refractivity (Wildman–Crippen MR) is 92.9 cm³/mol. The Bertz CT molecular complexity index is 557. The highest BCUT2D eigenvalue weighted by Gasteiger charge is 2.12. The third kappa shape index (κ3) is 5.42. The van der Waals surface area contributed by atoms with Gasteiger partial charge >= 0.3 is 0 Å². The summed E-state index contributed by atoms with van der Waals surface area (Å²) in [6.45, 7) is 3.20. The van der Waals surface area contributed by atoms with E-state index in [1.54, 1.807) is 12.4 Å². The van der Waals surface area contributed by atoms with Crippen molar-refractivity contribution in [2.45, 2.75) is 32.2 Å². The lowest BCUT2D eigenvalue weighted by Crippen LogP contribution is -2.33. The van der Waals surface area contributed by atoms with Crippen molar-refractivity contribution in [1.82, 2.24) is 10.3 Å². The zero-order valence-corrected chi connectivity index (χ0v) is 14.5. The van der Waals surface area contributed by atoms with Gasteiger partial charge in [-0.1, -0.05) is 46.6 Å². The molecule has 4 heteroatoms. The lowest BCUT2D eigenvalue weighted by molar-refractivity contribution is 0.504. The fourth-order valence-corrected chi connectivity index (χ4v) is 2.77. The molecule has 0 amide bonds. The van der Waals surface area contributed by atoms with Crippen LogP contribution in [0.15, 0.2) is 47.2 Å². The van der Waals surface area contributed by atoms with E-state index >= 15 is 0 Å². The first kappa shape index (κ1) is 16.5.